The molecule has 0 unspecified atom stereocenters. The quantitative estimate of drug-likeness (QED) is 0.907. The third kappa shape index (κ3) is 3.39. The molecule has 128 valence electrons. The van der Waals surface area contributed by atoms with Crippen LogP contribution in [0.5, 0.6) is 0 Å². The van der Waals surface area contributed by atoms with Crippen molar-refractivity contribution in [2.45, 2.75) is 39.0 Å². The molecule has 2 aromatic rings. The Hall–Kier alpha value is -2.44. The van der Waals surface area contributed by atoms with Gasteiger partial charge in [0.1, 0.15) is 0 Å². The topological polar surface area (TPSA) is 88.3 Å². The van der Waals surface area contributed by atoms with Crippen LogP contribution in [0.3, 0.4) is 0 Å². The molecule has 24 heavy (non-hydrogen) atoms. The Labute approximate surface area is 140 Å². The molecule has 0 aromatic carbocycles. The first-order chi connectivity index (χ1) is 11.6. The minimum absolute atomic E-state index is 0.0995. The lowest BCUT2D eigenvalue weighted by Crippen LogP contribution is -2.32. The van der Waals surface area contributed by atoms with Crippen LogP contribution in [0.15, 0.2) is 16.8 Å². The molecule has 0 bridgehead atoms. The molecule has 2 aromatic heterocycles. The number of carbonyl (C=O) groups is 2. The fourth-order valence-corrected chi connectivity index (χ4v) is 2.90. The average molecular weight is 330 g/mol. The third-order valence-corrected chi connectivity index (χ3v) is 4.25. The lowest BCUT2D eigenvalue weighted by atomic mass is 10.1. The molecule has 3 rings (SSSR count). The van der Waals surface area contributed by atoms with E-state index in [0.29, 0.717) is 24.2 Å². The molecular formula is C17H22N4O3. The molecule has 1 aliphatic rings. The summed E-state index contributed by atoms with van der Waals surface area (Å²) in [5.74, 6) is 0.0430. The highest BCUT2D eigenvalue weighted by Crippen LogP contribution is 2.24. The Morgan fingerprint density at radius 1 is 1.33 bits per heavy atom. The van der Waals surface area contributed by atoms with Crippen LogP contribution in [0, 0.1) is 0 Å². The maximum atomic E-state index is 12.3. The lowest BCUT2D eigenvalue weighted by molar-refractivity contribution is -0.129. The van der Waals surface area contributed by atoms with Gasteiger partial charge in [-0.2, -0.15) is 0 Å². The fourth-order valence-electron chi connectivity index (χ4n) is 2.90. The highest BCUT2D eigenvalue weighted by atomic mass is 16.5. The molecule has 1 saturated heterocycles. The number of nitrogens with zero attached hydrogens (tertiary/aromatic N) is 3. The van der Waals surface area contributed by atoms with E-state index in [-0.39, 0.29) is 17.7 Å². The molecular weight excluding hydrogens is 308 g/mol. The van der Waals surface area contributed by atoms with Crippen molar-refractivity contribution >= 4 is 22.9 Å². The molecule has 7 heteroatoms. The van der Waals surface area contributed by atoms with Crippen molar-refractivity contribution in [1.82, 2.24) is 20.4 Å². The van der Waals surface area contributed by atoms with Gasteiger partial charge in [-0.3, -0.25) is 9.59 Å². The van der Waals surface area contributed by atoms with E-state index >= 15 is 0 Å². The molecule has 1 fully saturated rings. The van der Waals surface area contributed by atoms with Crippen LogP contribution in [-0.2, 0) is 4.79 Å². The van der Waals surface area contributed by atoms with Crippen LogP contribution >= 0.6 is 0 Å². The number of hydrogen-bond acceptors (Lipinski definition) is 5. The van der Waals surface area contributed by atoms with Crippen molar-refractivity contribution in [2.24, 2.45) is 0 Å². The van der Waals surface area contributed by atoms with E-state index in [0.717, 1.165) is 37.0 Å². The predicted molar refractivity (Wildman–Crippen MR) is 88.7 cm³/mol. The molecule has 0 spiro atoms. The smallest absolute Gasteiger partial charge is 0.257 e. The Bertz CT molecular complexity index is 747. The molecule has 7 nitrogen and oxygen atoms in total. The van der Waals surface area contributed by atoms with Crippen LogP contribution in [0.2, 0.25) is 0 Å². The van der Waals surface area contributed by atoms with Gasteiger partial charge < -0.3 is 14.7 Å². The predicted octanol–water partition coefficient (Wildman–Crippen LogP) is 2.09. The number of amides is 2. The number of fused-ring (bicyclic) bond motifs is 1. The summed E-state index contributed by atoms with van der Waals surface area (Å²) in [7, 11) is 0. The second-order valence-electron chi connectivity index (χ2n) is 6.39. The van der Waals surface area contributed by atoms with E-state index < -0.39 is 0 Å². The Morgan fingerprint density at radius 3 is 2.79 bits per heavy atom. The van der Waals surface area contributed by atoms with Gasteiger partial charge in [-0.15, -0.1) is 0 Å². The van der Waals surface area contributed by atoms with Gasteiger partial charge in [0.25, 0.3) is 11.6 Å². The number of hydrogen-bond donors (Lipinski definition) is 1. The van der Waals surface area contributed by atoms with Crippen molar-refractivity contribution < 1.29 is 14.1 Å². The van der Waals surface area contributed by atoms with Crippen LogP contribution in [0.1, 0.15) is 55.1 Å². The van der Waals surface area contributed by atoms with Gasteiger partial charge in [0.2, 0.25) is 5.91 Å². The maximum Gasteiger partial charge on any atom is 0.257 e. The van der Waals surface area contributed by atoms with Gasteiger partial charge >= 0.3 is 0 Å². The molecule has 0 atom stereocenters. The second kappa shape index (κ2) is 6.98. The van der Waals surface area contributed by atoms with E-state index in [4.69, 9.17) is 4.52 Å². The number of carbonyl (C=O) groups excluding carboxylic acids is 2. The van der Waals surface area contributed by atoms with Gasteiger partial charge in [0.15, 0.2) is 0 Å². The third-order valence-electron chi connectivity index (χ3n) is 4.25. The van der Waals surface area contributed by atoms with Gasteiger partial charge in [-0.1, -0.05) is 19.0 Å². The number of pyridine rings is 1. The number of aromatic nitrogens is 2. The van der Waals surface area contributed by atoms with Crippen LogP contribution < -0.4 is 5.32 Å². The highest BCUT2D eigenvalue weighted by molar-refractivity contribution is 5.97. The summed E-state index contributed by atoms with van der Waals surface area (Å²) in [5, 5.41) is 7.54. The molecule has 2 amide bonds. The minimum Gasteiger partial charge on any atom is -0.351 e. The highest BCUT2D eigenvalue weighted by Gasteiger charge is 2.18. The number of likely N-dealkylation sites (tertiary alicyclic amines) is 1. The van der Waals surface area contributed by atoms with Gasteiger partial charge in [-0.25, -0.2) is 4.98 Å². The standard InChI is InChI=1S/C17H22N4O3/c1-11(2)15-13-9-12(10-19-17(13)24-20-15)16(23)18-6-5-14(22)21-7-3-4-8-21/h9-11H,3-8H2,1-2H3,(H,18,23). The van der Waals surface area contributed by atoms with Crippen molar-refractivity contribution in [2.75, 3.05) is 19.6 Å². The fraction of sp³-hybridized carbons (Fsp3) is 0.529. The van der Waals surface area contributed by atoms with Gasteiger partial charge in [-0.05, 0) is 24.8 Å². The molecule has 0 saturated carbocycles. The number of rotatable bonds is 5. The molecule has 0 radical (unpaired) electrons. The zero-order valence-electron chi connectivity index (χ0n) is 14.0. The van der Waals surface area contributed by atoms with Gasteiger partial charge in [0, 0.05) is 32.3 Å². The first-order valence-corrected chi connectivity index (χ1v) is 8.37. The monoisotopic (exact) mass is 330 g/mol. The zero-order chi connectivity index (χ0) is 17.1. The van der Waals surface area contributed by atoms with E-state index in [2.05, 4.69) is 15.5 Å². The molecule has 3 heterocycles. The lowest BCUT2D eigenvalue weighted by Gasteiger charge is -2.15. The maximum absolute atomic E-state index is 12.3. The van der Waals surface area contributed by atoms with E-state index in [1.54, 1.807) is 6.07 Å². The van der Waals surface area contributed by atoms with E-state index in [1.165, 1.54) is 6.20 Å². The van der Waals surface area contributed by atoms with E-state index in [9.17, 15) is 9.59 Å². The van der Waals surface area contributed by atoms with Crippen molar-refractivity contribution in [3.63, 3.8) is 0 Å². The molecule has 0 aliphatic carbocycles. The Kier molecular flexibility index (Phi) is 4.78. The van der Waals surface area contributed by atoms with Gasteiger partial charge in [0.05, 0.1) is 16.6 Å². The zero-order valence-corrected chi connectivity index (χ0v) is 14.0. The van der Waals surface area contributed by atoms with Crippen molar-refractivity contribution in [3.05, 3.63) is 23.5 Å². The Balaban J connectivity index is 1.61. The van der Waals surface area contributed by atoms with Crippen LogP contribution in [0.4, 0.5) is 0 Å². The molecule has 1 N–H and O–H groups in total. The number of nitrogens with one attached hydrogen (secondary N) is 1. The SMILES string of the molecule is CC(C)c1noc2ncc(C(=O)NCCC(=O)N3CCCC3)cc12. The van der Waals surface area contributed by atoms with E-state index in [1.807, 2.05) is 18.7 Å². The Morgan fingerprint density at radius 2 is 2.08 bits per heavy atom. The first-order valence-electron chi connectivity index (χ1n) is 8.37. The first kappa shape index (κ1) is 16.4. The largest absolute Gasteiger partial charge is 0.351 e. The van der Waals surface area contributed by atoms with Crippen LogP contribution in [-0.4, -0.2) is 46.5 Å². The normalized spacial score (nSPS) is 14.5. The summed E-state index contributed by atoms with van der Waals surface area (Å²) in [5.41, 5.74) is 1.66. The average Bonchev–Trinajstić information content (AvgIpc) is 3.23. The minimum atomic E-state index is -0.241. The summed E-state index contributed by atoms with van der Waals surface area (Å²) in [6, 6.07) is 1.74. The summed E-state index contributed by atoms with van der Waals surface area (Å²) >= 11 is 0. The van der Waals surface area contributed by atoms with Crippen LogP contribution in [0.25, 0.3) is 11.1 Å². The van der Waals surface area contributed by atoms with Crippen molar-refractivity contribution in [1.29, 1.82) is 0 Å². The summed E-state index contributed by atoms with van der Waals surface area (Å²) in [4.78, 5) is 30.2. The summed E-state index contributed by atoms with van der Waals surface area (Å²) in [6.45, 7) is 6.01. The van der Waals surface area contributed by atoms with Crippen molar-refractivity contribution in [3.8, 4) is 0 Å². The summed E-state index contributed by atoms with van der Waals surface area (Å²) in [6.07, 6.45) is 3.93. The second-order valence-corrected chi connectivity index (χ2v) is 6.39. The summed E-state index contributed by atoms with van der Waals surface area (Å²) < 4.78 is 5.17. The molecule has 1 aliphatic heterocycles.